The Morgan fingerprint density at radius 1 is 1.33 bits per heavy atom. The molecule has 2 fully saturated rings. The SMILES string of the molecule is COc1c(N2CC3=CCCC(N)C3C2)c(F)cc2c(=O)c(C(=O)O)cn(C3CC3)c12. The lowest BCUT2D eigenvalue weighted by atomic mass is 9.86. The van der Waals surface area contributed by atoms with Crippen molar-refractivity contribution in [3.63, 3.8) is 0 Å². The number of aromatic nitrogens is 1. The van der Waals surface area contributed by atoms with Crippen LogP contribution in [0.2, 0.25) is 0 Å². The van der Waals surface area contributed by atoms with Crippen molar-refractivity contribution in [1.82, 2.24) is 4.57 Å². The van der Waals surface area contributed by atoms with Gasteiger partial charge in [0.15, 0.2) is 11.6 Å². The summed E-state index contributed by atoms with van der Waals surface area (Å²) in [6, 6.07) is 1.29. The molecule has 1 aromatic heterocycles. The smallest absolute Gasteiger partial charge is 0.341 e. The van der Waals surface area contributed by atoms with Gasteiger partial charge in [-0.05, 0) is 37.3 Å². The summed E-state index contributed by atoms with van der Waals surface area (Å²) in [5.74, 6) is -1.45. The summed E-state index contributed by atoms with van der Waals surface area (Å²) in [4.78, 5) is 26.3. The van der Waals surface area contributed by atoms with Gasteiger partial charge in [0.05, 0.1) is 18.0 Å². The molecule has 2 heterocycles. The summed E-state index contributed by atoms with van der Waals surface area (Å²) < 4.78 is 22.8. The van der Waals surface area contributed by atoms with Gasteiger partial charge in [0.25, 0.3) is 0 Å². The first-order chi connectivity index (χ1) is 14.4. The van der Waals surface area contributed by atoms with Crippen LogP contribution in [0.4, 0.5) is 10.1 Å². The molecule has 0 amide bonds. The van der Waals surface area contributed by atoms with E-state index >= 15 is 4.39 Å². The predicted molar refractivity (Wildman–Crippen MR) is 111 cm³/mol. The average Bonchev–Trinajstić information content (AvgIpc) is 3.46. The first kappa shape index (κ1) is 19.1. The van der Waals surface area contributed by atoms with Gasteiger partial charge in [-0.3, -0.25) is 4.79 Å². The van der Waals surface area contributed by atoms with E-state index in [0.29, 0.717) is 24.3 Å². The molecular weight excluding hydrogens is 389 g/mol. The average molecular weight is 413 g/mol. The van der Waals surface area contributed by atoms with Crippen LogP contribution in [-0.4, -0.2) is 41.9 Å². The summed E-state index contributed by atoms with van der Waals surface area (Å²) in [5.41, 5.74) is 7.24. The van der Waals surface area contributed by atoms with Gasteiger partial charge in [-0.25, -0.2) is 9.18 Å². The topological polar surface area (TPSA) is 97.8 Å². The number of ether oxygens (including phenoxy) is 1. The number of carboxylic acid groups (broad SMARTS) is 1. The molecule has 158 valence electrons. The van der Waals surface area contributed by atoms with Crippen molar-refractivity contribution in [3.05, 3.63) is 45.5 Å². The zero-order chi connectivity index (χ0) is 21.2. The van der Waals surface area contributed by atoms with Gasteiger partial charge in [-0.2, -0.15) is 0 Å². The Bertz CT molecular complexity index is 1150. The van der Waals surface area contributed by atoms with Crippen LogP contribution in [0.25, 0.3) is 10.9 Å². The third-order valence-corrected chi connectivity index (χ3v) is 6.58. The Balaban J connectivity index is 1.74. The van der Waals surface area contributed by atoms with Gasteiger partial charge in [0.1, 0.15) is 11.3 Å². The molecule has 0 radical (unpaired) electrons. The summed E-state index contributed by atoms with van der Waals surface area (Å²) >= 11 is 0. The predicted octanol–water partition coefficient (Wildman–Crippen LogP) is 2.67. The molecule has 0 spiro atoms. The summed E-state index contributed by atoms with van der Waals surface area (Å²) in [6.45, 7) is 1.16. The minimum atomic E-state index is -1.32. The van der Waals surface area contributed by atoms with E-state index in [0.717, 1.165) is 31.7 Å². The number of fused-ring (bicyclic) bond motifs is 2. The number of aromatic carboxylic acids is 1. The highest BCUT2D eigenvalue weighted by molar-refractivity contribution is 5.97. The Hall–Kier alpha value is -2.87. The maximum Gasteiger partial charge on any atom is 0.341 e. The van der Waals surface area contributed by atoms with Crippen molar-refractivity contribution in [2.45, 2.75) is 37.8 Å². The third-order valence-electron chi connectivity index (χ3n) is 6.58. The van der Waals surface area contributed by atoms with Crippen LogP contribution in [-0.2, 0) is 0 Å². The van der Waals surface area contributed by atoms with Gasteiger partial charge < -0.3 is 25.0 Å². The quantitative estimate of drug-likeness (QED) is 0.748. The first-order valence-corrected chi connectivity index (χ1v) is 10.3. The highest BCUT2D eigenvalue weighted by Crippen LogP contribution is 2.45. The number of hydrogen-bond acceptors (Lipinski definition) is 5. The molecular formula is C22H24FN3O4. The number of hydrogen-bond donors (Lipinski definition) is 2. The highest BCUT2D eigenvalue weighted by Gasteiger charge is 2.37. The normalized spacial score (nSPS) is 23.4. The van der Waals surface area contributed by atoms with E-state index in [1.165, 1.54) is 18.9 Å². The van der Waals surface area contributed by atoms with Crippen LogP contribution in [0, 0.1) is 11.7 Å². The number of halogens is 1. The number of rotatable bonds is 4. The lowest BCUT2D eigenvalue weighted by Gasteiger charge is -2.25. The second kappa shape index (κ2) is 6.84. The molecule has 1 aromatic carbocycles. The van der Waals surface area contributed by atoms with Gasteiger partial charge in [0, 0.05) is 37.3 Å². The Morgan fingerprint density at radius 3 is 2.73 bits per heavy atom. The zero-order valence-corrected chi connectivity index (χ0v) is 16.7. The van der Waals surface area contributed by atoms with E-state index in [1.807, 2.05) is 4.90 Å². The van der Waals surface area contributed by atoms with Gasteiger partial charge in [0.2, 0.25) is 5.43 Å². The minimum absolute atomic E-state index is 0.0347. The molecule has 3 aliphatic rings. The monoisotopic (exact) mass is 413 g/mol. The van der Waals surface area contributed by atoms with Crippen molar-refractivity contribution >= 4 is 22.6 Å². The largest absolute Gasteiger partial charge is 0.492 e. The molecule has 0 bridgehead atoms. The number of pyridine rings is 1. The molecule has 2 unspecified atom stereocenters. The standard InChI is InChI=1S/C22H24FN3O4/c1-30-21-18-13(20(27)15(22(28)29)10-26(18)12-5-6-12)7-16(23)19(21)25-8-11-3-2-4-17(24)14(11)9-25/h3,7,10,12,14,17H,2,4-6,8-9,24H2,1H3,(H,28,29). The summed E-state index contributed by atoms with van der Waals surface area (Å²) in [6.07, 6.45) is 7.16. The van der Waals surface area contributed by atoms with Crippen LogP contribution >= 0.6 is 0 Å². The van der Waals surface area contributed by atoms with Gasteiger partial charge in [-0.1, -0.05) is 6.08 Å². The molecule has 30 heavy (non-hydrogen) atoms. The Labute approximate surface area is 172 Å². The minimum Gasteiger partial charge on any atom is -0.492 e. The zero-order valence-electron chi connectivity index (χ0n) is 16.7. The molecule has 7 nitrogen and oxygen atoms in total. The fourth-order valence-corrected chi connectivity index (χ4v) is 4.94. The first-order valence-electron chi connectivity index (χ1n) is 10.3. The Kier molecular flexibility index (Phi) is 4.36. The van der Waals surface area contributed by atoms with E-state index in [-0.39, 0.29) is 34.7 Å². The van der Waals surface area contributed by atoms with Crippen LogP contribution in [0.3, 0.4) is 0 Å². The molecule has 2 atom stereocenters. The van der Waals surface area contributed by atoms with Crippen LogP contribution in [0.1, 0.15) is 42.1 Å². The fraction of sp³-hybridized carbons (Fsp3) is 0.455. The lowest BCUT2D eigenvalue weighted by Crippen LogP contribution is -2.34. The molecule has 2 aliphatic carbocycles. The van der Waals surface area contributed by atoms with Crippen LogP contribution < -0.4 is 20.8 Å². The number of anilines is 1. The van der Waals surface area contributed by atoms with Crippen molar-refractivity contribution in [1.29, 1.82) is 0 Å². The second-order valence-electron chi connectivity index (χ2n) is 8.46. The van der Waals surface area contributed by atoms with Crippen LogP contribution in [0.15, 0.2) is 28.7 Å². The van der Waals surface area contributed by atoms with E-state index in [2.05, 4.69) is 6.08 Å². The van der Waals surface area contributed by atoms with E-state index in [1.54, 1.807) is 4.57 Å². The molecule has 1 aliphatic heterocycles. The number of nitrogens with zero attached hydrogens (tertiary/aromatic N) is 2. The number of allylic oxidation sites excluding steroid dienone is 1. The molecule has 8 heteroatoms. The third kappa shape index (κ3) is 2.81. The molecule has 2 aromatic rings. The Morgan fingerprint density at radius 2 is 2.10 bits per heavy atom. The fourth-order valence-electron chi connectivity index (χ4n) is 4.94. The molecule has 1 saturated heterocycles. The van der Waals surface area contributed by atoms with Gasteiger partial charge >= 0.3 is 5.97 Å². The number of carboxylic acids is 1. The molecule has 5 rings (SSSR count). The highest BCUT2D eigenvalue weighted by atomic mass is 19.1. The van der Waals surface area contributed by atoms with Gasteiger partial charge in [-0.15, -0.1) is 0 Å². The van der Waals surface area contributed by atoms with Crippen molar-refractivity contribution in [2.75, 3.05) is 25.1 Å². The molecule has 1 saturated carbocycles. The number of benzene rings is 1. The van der Waals surface area contributed by atoms with Crippen molar-refractivity contribution in [3.8, 4) is 5.75 Å². The van der Waals surface area contributed by atoms with E-state index in [9.17, 15) is 14.7 Å². The maximum atomic E-state index is 15.4. The molecule has 3 N–H and O–H groups in total. The van der Waals surface area contributed by atoms with E-state index in [4.69, 9.17) is 10.5 Å². The van der Waals surface area contributed by atoms with Crippen molar-refractivity contribution < 1.29 is 19.0 Å². The summed E-state index contributed by atoms with van der Waals surface area (Å²) in [7, 11) is 1.46. The number of carbonyl (C=O) groups is 1. The lowest BCUT2D eigenvalue weighted by molar-refractivity contribution is 0.0695. The van der Waals surface area contributed by atoms with E-state index < -0.39 is 17.2 Å². The van der Waals surface area contributed by atoms with Crippen LogP contribution in [0.5, 0.6) is 5.75 Å². The number of nitrogens with two attached hydrogens (primary N) is 1. The summed E-state index contributed by atoms with van der Waals surface area (Å²) in [5, 5.41) is 9.49. The number of methoxy groups -OCH3 is 1. The maximum absolute atomic E-state index is 15.4. The second-order valence-corrected chi connectivity index (χ2v) is 8.46. The van der Waals surface area contributed by atoms with Crippen molar-refractivity contribution in [2.24, 2.45) is 11.7 Å².